The van der Waals surface area contributed by atoms with E-state index in [0.29, 0.717) is 65.5 Å². The Kier molecular flexibility index (Phi) is 9.04. The van der Waals surface area contributed by atoms with Gasteiger partial charge in [0.25, 0.3) is 5.91 Å². The molecule has 1 aliphatic heterocycles. The second kappa shape index (κ2) is 12.6. The van der Waals surface area contributed by atoms with Crippen LogP contribution < -0.4 is 14.2 Å². The van der Waals surface area contributed by atoms with E-state index in [1.807, 2.05) is 19.9 Å². The maximum atomic E-state index is 13.0. The molecule has 210 valence electrons. The van der Waals surface area contributed by atoms with Crippen molar-refractivity contribution >= 4 is 34.6 Å². The predicted octanol–water partition coefficient (Wildman–Crippen LogP) is 4.96. The van der Waals surface area contributed by atoms with Gasteiger partial charge in [0.2, 0.25) is 5.75 Å². The molecule has 0 N–H and O–H groups in total. The topological polar surface area (TPSA) is 104 Å². The van der Waals surface area contributed by atoms with Gasteiger partial charge in [-0.05, 0) is 63.1 Å². The van der Waals surface area contributed by atoms with Crippen LogP contribution in [0.25, 0.3) is 17.0 Å². The zero-order valence-electron chi connectivity index (χ0n) is 23.4. The first-order chi connectivity index (χ1) is 19.2. The smallest absolute Gasteiger partial charge is 0.309 e. The highest BCUT2D eigenvalue weighted by atomic mass is 16.5. The molecule has 1 fully saturated rings. The number of amides is 1. The number of carbonyl (C=O) groups excluding carboxylic acids is 3. The van der Waals surface area contributed by atoms with E-state index >= 15 is 0 Å². The van der Waals surface area contributed by atoms with Gasteiger partial charge in [-0.3, -0.25) is 14.4 Å². The molecule has 1 saturated heterocycles. The largest absolute Gasteiger partial charge is 0.493 e. The summed E-state index contributed by atoms with van der Waals surface area (Å²) >= 11 is 0. The average Bonchev–Trinajstić information content (AvgIpc) is 2.98. The van der Waals surface area contributed by atoms with E-state index in [4.69, 9.17) is 18.9 Å². The molecule has 0 spiro atoms. The molecule has 9 nitrogen and oxygen atoms in total. The standard InChI is InChI=1S/C31H34N2O7/c1-19(2)40-31(36)22-14-16-33(17-15-22)30(35)21-8-6-20(7-9-21)26(34)13-11-23-10-12-24-25(32-23)18-27(37-3)29(39-5)28(24)38-4/h6-13,18-19,22H,14-17H2,1-5H3. The van der Waals surface area contributed by atoms with Crippen LogP contribution in [0.4, 0.5) is 0 Å². The molecular formula is C31H34N2O7. The quantitative estimate of drug-likeness (QED) is 0.211. The lowest BCUT2D eigenvalue weighted by Crippen LogP contribution is -2.41. The van der Waals surface area contributed by atoms with Crippen molar-refractivity contribution in [3.05, 3.63) is 65.4 Å². The minimum Gasteiger partial charge on any atom is -0.493 e. The molecule has 2 aromatic carbocycles. The van der Waals surface area contributed by atoms with Crippen molar-refractivity contribution in [1.29, 1.82) is 0 Å². The second-order valence-electron chi connectivity index (χ2n) is 9.78. The minimum absolute atomic E-state index is 0.118. The third kappa shape index (κ3) is 6.25. The zero-order valence-corrected chi connectivity index (χ0v) is 23.4. The Balaban J connectivity index is 1.41. The Hall–Kier alpha value is -4.40. The van der Waals surface area contributed by atoms with E-state index in [9.17, 15) is 14.4 Å². The van der Waals surface area contributed by atoms with Crippen LogP contribution in [-0.2, 0) is 9.53 Å². The molecule has 1 amide bonds. The van der Waals surface area contributed by atoms with Crippen LogP contribution in [0.3, 0.4) is 0 Å². The van der Waals surface area contributed by atoms with Gasteiger partial charge < -0.3 is 23.8 Å². The summed E-state index contributed by atoms with van der Waals surface area (Å²) in [7, 11) is 4.64. The van der Waals surface area contributed by atoms with Gasteiger partial charge in [-0.25, -0.2) is 4.98 Å². The van der Waals surface area contributed by atoms with Crippen LogP contribution in [0.15, 0.2) is 48.5 Å². The zero-order chi connectivity index (χ0) is 28.8. The van der Waals surface area contributed by atoms with E-state index in [2.05, 4.69) is 4.98 Å². The number of rotatable bonds is 9. The number of ether oxygens (including phenoxy) is 4. The monoisotopic (exact) mass is 546 g/mol. The first-order valence-corrected chi connectivity index (χ1v) is 13.2. The van der Waals surface area contributed by atoms with Gasteiger partial charge in [0.1, 0.15) is 0 Å². The second-order valence-corrected chi connectivity index (χ2v) is 9.78. The van der Waals surface area contributed by atoms with Crippen molar-refractivity contribution in [2.75, 3.05) is 34.4 Å². The summed E-state index contributed by atoms with van der Waals surface area (Å²) in [5, 5.41) is 0.753. The number of allylic oxidation sites excluding steroid dienone is 1. The number of hydrogen-bond donors (Lipinski definition) is 0. The highest BCUT2D eigenvalue weighted by Crippen LogP contribution is 2.42. The number of fused-ring (bicyclic) bond motifs is 1. The van der Waals surface area contributed by atoms with Gasteiger partial charge >= 0.3 is 5.97 Å². The number of esters is 1. The van der Waals surface area contributed by atoms with E-state index in [-0.39, 0.29) is 29.7 Å². The van der Waals surface area contributed by atoms with Crippen LogP contribution in [-0.4, -0.2) is 68.1 Å². The Morgan fingerprint density at radius 3 is 2.15 bits per heavy atom. The number of likely N-dealkylation sites (tertiary alicyclic amines) is 1. The molecule has 0 aliphatic carbocycles. The molecule has 4 rings (SSSR count). The van der Waals surface area contributed by atoms with Crippen molar-refractivity contribution in [3.8, 4) is 17.2 Å². The van der Waals surface area contributed by atoms with Gasteiger partial charge in [-0.15, -0.1) is 0 Å². The van der Waals surface area contributed by atoms with E-state index < -0.39 is 0 Å². The van der Waals surface area contributed by atoms with Crippen LogP contribution >= 0.6 is 0 Å². The molecule has 0 saturated carbocycles. The number of benzene rings is 2. The maximum Gasteiger partial charge on any atom is 0.309 e. The number of ketones is 1. The number of carbonyl (C=O) groups is 3. The number of piperidine rings is 1. The fourth-order valence-electron chi connectivity index (χ4n) is 4.72. The molecule has 0 unspecified atom stereocenters. The van der Waals surface area contributed by atoms with Crippen molar-refractivity contribution in [1.82, 2.24) is 9.88 Å². The van der Waals surface area contributed by atoms with Crippen molar-refractivity contribution in [3.63, 3.8) is 0 Å². The lowest BCUT2D eigenvalue weighted by Gasteiger charge is -2.31. The summed E-state index contributed by atoms with van der Waals surface area (Å²) in [5.74, 6) is 0.783. The van der Waals surface area contributed by atoms with Gasteiger partial charge in [0.05, 0.1) is 44.6 Å². The molecule has 2 heterocycles. The predicted molar refractivity (Wildman–Crippen MR) is 151 cm³/mol. The summed E-state index contributed by atoms with van der Waals surface area (Å²) in [4.78, 5) is 44.3. The highest BCUT2D eigenvalue weighted by Gasteiger charge is 2.29. The molecule has 1 aliphatic rings. The average molecular weight is 547 g/mol. The molecule has 3 aromatic rings. The van der Waals surface area contributed by atoms with Gasteiger partial charge in [0, 0.05) is 35.7 Å². The molecule has 0 bridgehead atoms. The van der Waals surface area contributed by atoms with Crippen LogP contribution in [0, 0.1) is 5.92 Å². The third-order valence-corrected chi connectivity index (χ3v) is 6.81. The third-order valence-electron chi connectivity index (χ3n) is 6.81. The Bertz CT molecular complexity index is 1420. The van der Waals surface area contributed by atoms with E-state index in [1.165, 1.54) is 6.08 Å². The first kappa shape index (κ1) is 28.6. The van der Waals surface area contributed by atoms with Gasteiger partial charge in [0.15, 0.2) is 17.3 Å². The van der Waals surface area contributed by atoms with Crippen LogP contribution in [0.2, 0.25) is 0 Å². The number of hydrogen-bond acceptors (Lipinski definition) is 8. The molecule has 0 atom stereocenters. The van der Waals surface area contributed by atoms with E-state index in [1.54, 1.807) is 68.7 Å². The van der Waals surface area contributed by atoms with Crippen molar-refractivity contribution in [2.45, 2.75) is 32.8 Å². The van der Waals surface area contributed by atoms with Crippen molar-refractivity contribution < 1.29 is 33.3 Å². The number of aromatic nitrogens is 1. The highest BCUT2D eigenvalue weighted by molar-refractivity contribution is 6.07. The summed E-state index contributed by atoms with van der Waals surface area (Å²) in [6.07, 6.45) is 4.09. The molecule has 1 aromatic heterocycles. The maximum absolute atomic E-state index is 13.0. The van der Waals surface area contributed by atoms with Crippen molar-refractivity contribution in [2.24, 2.45) is 5.92 Å². The van der Waals surface area contributed by atoms with Crippen LogP contribution in [0.5, 0.6) is 17.2 Å². The number of methoxy groups -OCH3 is 3. The van der Waals surface area contributed by atoms with Gasteiger partial charge in [-0.1, -0.05) is 12.1 Å². The summed E-state index contributed by atoms with van der Waals surface area (Å²) in [6, 6.07) is 12.0. The summed E-state index contributed by atoms with van der Waals surface area (Å²) in [6.45, 7) is 4.63. The molecule has 0 radical (unpaired) electrons. The fourth-order valence-corrected chi connectivity index (χ4v) is 4.72. The Morgan fingerprint density at radius 2 is 1.55 bits per heavy atom. The molecule has 9 heteroatoms. The molecular weight excluding hydrogens is 512 g/mol. The lowest BCUT2D eigenvalue weighted by molar-refractivity contribution is -0.153. The normalized spacial score (nSPS) is 14.0. The Labute approximate surface area is 233 Å². The molecule has 40 heavy (non-hydrogen) atoms. The Morgan fingerprint density at radius 1 is 0.900 bits per heavy atom. The first-order valence-electron chi connectivity index (χ1n) is 13.2. The van der Waals surface area contributed by atoms with Gasteiger partial charge in [-0.2, -0.15) is 0 Å². The fraction of sp³-hybridized carbons (Fsp3) is 0.355. The summed E-state index contributed by atoms with van der Waals surface area (Å²) in [5.41, 5.74) is 2.17. The number of nitrogens with zero attached hydrogens (tertiary/aromatic N) is 2. The minimum atomic E-state index is -0.213. The lowest BCUT2D eigenvalue weighted by atomic mass is 9.96. The summed E-state index contributed by atoms with van der Waals surface area (Å²) < 4.78 is 21.7. The van der Waals surface area contributed by atoms with Crippen LogP contribution in [0.1, 0.15) is 53.1 Å². The SMILES string of the molecule is COc1cc2nc(C=CC(=O)c3ccc(C(=O)N4CCC(C(=O)OC(C)C)CC4)cc3)ccc2c(OC)c1OC. The number of pyridine rings is 1. The van der Waals surface area contributed by atoms with E-state index in [0.717, 1.165) is 5.39 Å².